The molecule has 0 saturated heterocycles. The molecule has 0 aliphatic heterocycles. The van der Waals surface area contributed by atoms with Crippen LogP contribution >= 0.6 is 12.4 Å². The van der Waals surface area contributed by atoms with Gasteiger partial charge in [0, 0.05) is 26.2 Å². The molecule has 0 unspecified atom stereocenters. The van der Waals surface area contributed by atoms with Crippen LogP contribution < -0.4 is 10.6 Å². The Hall–Kier alpha value is -3.09. The molecule has 2 N–H and O–H groups in total. The number of carbonyl (C=O) groups is 2. The molecule has 0 aliphatic rings. The maximum Gasteiger partial charge on any atom is 0.233 e. The Balaban J connectivity index is 0.00000341. The maximum absolute atomic E-state index is 11.9. The molecule has 164 valence electrons. The second-order valence-electron chi connectivity index (χ2n) is 7.18. The van der Waals surface area contributed by atoms with Gasteiger partial charge in [0.2, 0.25) is 11.8 Å². The highest BCUT2D eigenvalue weighted by Crippen LogP contribution is 2.24. The van der Waals surface area contributed by atoms with E-state index >= 15 is 0 Å². The van der Waals surface area contributed by atoms with Crippen LogP contribution in [0.4, 0.5) is 5.69 Å². The van der Waals surface area contributed by atoms with Crippen molar-refractivity contribution in [1.82, 2.24) is 10.2 Å². The smallest absolute Gasteiger partial charge is 0.233 e. The highest BCUT2D eigenvalue weighted by molar-refractivity contribution is 5.89. The van der Waals surface area contributed by atoms with Gasteiger partial charge >= 0.3 is 0 Å². The van der Waals surface area contributed by atoms with Gasteiger partial charge in [0.15, 0.2) is 0 Å². The molecule has 0 atom stereocenters. The van der Waals surface area contributed by atoms with E-state index in [-0.39, 0.29) is 24.2 Å². The Morgan fingerprint density at radius 3 is 2.42 bits per heavy atom. The zero-order valence-corrected chi connectivity index (χ0v) is 18.6. The number of nitrogens with zero attached hydrogens (tertiary/aromatic N) is 1. The lowest BCUT2D eigenvalue weighted by Gasteiger charge is -2.20. The SMILES string of the molecule is CNC(=O)CN(CCc1cccc(-c2cccc(NC(C)=O)c2)c1)Cc1ccco1.Cl. The largest absolute Gasteiger partial charge is 0.468 e. The van der Waals surface area contributed by atoms with E-state index in [0.717, 1.165) is 35.5 Å². The summed E-state index contributed by atoms with van der Waals surface area (Å²) in [6, 6.07) is 19.9. The fourth-order valence-electron chi connectivity index (χ4n) is 3.29. The van der Waals surface area contributed by atoms with Gasteiger partial charge in [0.05, 0.1) is 19.4 Å². The van der Waals surface area contributed by atoms with Crippen LogP contribution in [-0.4, -0.2) is 36.9 Å². The summed E-state index contributed by atoms with van der Waals surface area (Å²) in [6.07, 6.45) is 2.45. The van der Waals surface area contributed by atoms with Crippen molar-refractivity contribution < 1.29 is 14.0 Å². The molecule has 2 aromatic carbocycles. The van der Waals surface area contributed by atoms with Crippen LogP contribution in [0.3, 0.4) is 0 Å². The van der Waals surface area contributed by atoms with Crippen molar-refractivity contribution in [2.24, 2.45) is 0 Å². The van der Waals surface area contributed by atoms with Gasteiger partial charge in [0.1, 0.15) is 5.76 Å². The molecule has 0 aliphatic carbocycles. The van der Waals surface area contributed by atoms with Gasteiger partial charge in [-0.25, -0.2) is 0 Å². The molecule has 3 rings (SSSR count). The molecule has 0 radical (unpaired) electrons. The van der Waals surface area contributed by atoms with Crippen LogP contribution in [-0.2, 0) is 22.6 Å². The number of likely N-dealkylation sites (N-methyl/N-ethyl adjacent to an activating group) is 1. The van der Waals surface area contributed by atoms with Crippen LogP contribution in [0.15, 0.2) is 71.3 Å². The normalized spacial score (nSPS) is 10.4. The van der Waals surface area contributed by atoms with Crippen LogP contribution in [0.1, 0.15) is 18.2 Å². The number of halogens is 1. The summed E-state index contributed by atoms with van der Waals surface area (Å²) in [7, 11) is 1.64. The molecule has 0 fully saturated rings. The third kappa shape index (κ3) is 7.59. The first-order valence-corrected chi connectivity index (χ1v) is 9.96. The summed E-state index contributed by atoms with van der Waals surface area (Å²) in [5.74, 6) is 0.723. The van der Waals surface area contributed by atoms with E-state index in [1.165, 1.54) is 12.5 Å². The van der Waals surface area contributed by atoms with Crippen LogP contribution in [0, 0.1) is 0 Å². The second-order valence-corrected chi connectivity index (χ2v) is 7.18. The molecule has 7 heteroatoms. The molecular formula is C24H28ClN3O3. The molecule has 31 heavy (non-hydrogen) atoms. The Morgan fingerprint density at radius 2 is 1.74 bits per heavy atom. The molecule has 2 amide bonds. The number of amides is 2. The van der Waals surface area contributed by atoms with Crippen molar-refractivity contribution in [2.75, 3.05) is 25.5 Å². The Kier molecular flexibility index (Phi) is 9.31. The predicted molar refractivity (Wildman–Crippen MR) is 125 cm³/mol. The van der Waals surface area contributed by atoms with Crippen molar-refractivity contribution in [3.05, 3.63) is 78.3 Å². The van der Waals surface area contributed by atoms with Gasteiger partial charge < -0.3 is 15.1 Å². The van der Waals surface area contributed by atoms with Gasteiger partial charge in [-0.2, -0.15) is 0 Å². The standard InChI is InChI=1S/C24H27N3O3.ClH/c1-18(28)26-22-9-4-8-21(15-22)20-7-3-6-19(14-20)11-12-27(17-24(29)25-2)16-23-10-5-13-30-23;/h3-10,13-15H,11-12,16-17H2,1-2H3,(H,25,29)(H,26,28);1H. The summed E-state index contributed by atoms with van der Waals surface area (Å²) in [5.41, 5.74) is 4.09. The molecule has 6 nitrogen and oxygen atoms in total. The highest BCUT2D eigenvalue weighted by Gasteiger charge is 2.12. The Morgan fingerprint density at radius 1 is 1.00 bits per heavy atom. The molecule has 3 aromatic rings. The average molecular weight is 442 g/mol. The minimum atomic E-state index is -0.0892. The average Bonchev–Trinajstić information content (AvgIpc) is 3.25. The Labute approximate surface area is 189 Å². The lowest BCUT2D eigenvalue weighted by molar-refractivity contribution is -0.122. The molecule has 1 heterocycles. The van der Waals surface area contributed by atoms with Crippen LogP contribution in [0.5, 0.6) is 0 Å². The van der Waals surface area contributed by atoms with Crippen molar-refractivity contribution in [1.29, 1.82) is 0 Å². The predicted octanol–water partition coefficient (Wildman–Crippen LogP) is 4.12. The lowest BCUT2D eigenvalue weighted by atomic mass is 10.0. The first kappa shape index (κ1) is 24.2. The number of hydrogen-bond acceptors (Lipinski definition) is 4. The van der Waals surface area contributed by atoms with E-state index in [1.54, 1.807) is 13.3 Å². The van der Waals surface area contributed by atoms with Crippen LogP contribution in [0.25, 0.3) is 11.1 Å². The quantitative estimate of drug-likeness (QED) is 0.524. The first-order valence-electron chi connectivity index (χ1n) is 9.96. The number of rotatable bonds is 9. The van der Waals surface area contributed by atoms with Crippen molar-refractivity contribution >= 4 is 29.9 Å². The lowest BCUT2D eigenvalue weighted by Crippen LogP contribution is -2.36. The summed E-state index contributed by atoms with van der Waals surface area (Å²) < 4.78 is 5.44. The topological polar surface area (TPSA) is 74.6 Å². The molecule has 0 spiro atoms. The van der Waals surface area contributed by atoms with E-state index in [0.29, 0.717) is 13.1 Å². The zero-order valence-electron chi connectivity index (χ0n) is 17.8. The highest BCUT2D eigenvalue weighted by atomic mass is 35.5. The number of benzene rings is 2. The number of furan rings is 1. The minimum absolute atomic E-state index is 0. The van der Waals surface area contributed by atoms with Crippen LogP contribution in [0.2, 0.25) is 0 Å². The van der Waals surface area contributed by atoms with Gasteiger partial charge in [-0.3, -0.25) is 14.5 Å². The van der Waals surface area contributed by atoms with E-state index in [9.17, 15) is 9.59 Å². The number of carbonyl (C=O) groups excluding carboxylic acids is 2. The number of hydrogen-bond donors (Lipinski definition) is 2. The monoisotopic (exact) mass is 441 g/mol. The fraction of sp³-hybridized carbons (Fsp3) is 0.250. The van der Waals surface area contributed by atoms with E-state index < -0.39 is 0 Å². The van der Waals surface area contributed by atoms with Crippen molar-refractivity contribution in [2.45, 2.75) is 19.9 Å². The van der Waals surface area contributed by atoms with Gasteiger partial charge in [-0.1, -0.05) is 36.4 Å². The molecule has 1 aromatic heterocycles. The third-order valence-corrected chi connectivity index (χ3v) is 4.77. The third-order valence-electron chi connectivity index (χ3n) is 4.77. The summed E-state index contributed by atoms with van der Waals surface area (Å²) in [6.45, 7) is 3.12. The number of nitrogens with one attached hydrogen (secondary N) is 2. The zero-order chi connectivity index (χ0) is 21.3. The molecular weight excluding hydrogens is 414 g/mol. The summed E-state index contributed by atoms with van der Waals surface area (Å²) >= 11 is 0. The van der Waals surface area contributed by atoms with E-state index in [4.69, 9.17) is 4.42 Å². The van der Waals surface area contributed by atoms with Gasteiger partial charge in [-0.05, 0) is 47.4 Å². The minimum Gasteiger partial charge on any atom is -0.468 e. The van der Waals surface area contributed by atoms with Gasteiger partial charge in [0.25, 0.3) is 0 Å². The fourth-order valence-corrected chi connectivity index (χ4v) is 3.29. The van der Waals surface area contributed by atoms with Gasteiger partial charge in [-0.15, -0.1) is 12.4 Å². The first-order chi connectivity index (χ1) is 14.5. The van der Waals surface area contributed by atoms with Crippen molar-refractivity contribution in [3.8, 4) is 11.1 Å². The summed E-state index contributed by atoms with van der Waals surface area (Å²) in [4.78, 5) is 25.3. The molecule has 0 saturated carbocycles. The number of anilines is 1. The maximum atomic E-state index is 11.9. The molecule has 0 bridgehead atoms. The second kappa shape index (κ2) is 11.9. The summed E-state index contributed by atoms with van der Waals surface area (Å²) in [5, 5.41) is 5.50. The Bertz CT molecular complexity index is 989. The van der Waals surface area contributed by atoms with E-state index in [2.05, 4.69) is 33.7 Å². The van der Waals surface area contributed by atoms with E-state index in [1.807, 2.05) is 42.5 Å². The van der Waals surface area contributed by atoms with Crippen molar-refractivity contribution in [3.63, 3.8) is 0 Å².